The first kappa shape index (κ1) is 27.2. The van der Waals surface area contributed by atoms with Crippen molar-refractivity contribution in [1.82, 2.24) is 14.8 Å². The molecule has 0 saturated carbocycles. The number of nitrogens with one attached hydrogen (secondary N) is 1. The van der Waals surface area contributed by atoms with Crippen molar-refractivity contribution in [3.63, 3.8) is 0 Å². The Labute approximate surface area is 224 Å². The van der Waals surface area contributed by atoms with Gasteiger partial charge in [0.1, 0.15) is 6.04 Å². The summed E-state index contributed by atoms with van der Waals surface area (Å²) >= 11 is 3.41. The van der Waals surface area contributed by atoms with Crippen LogP contribution in [0, 0.1) is 11.3 Å². The Kier molecular flexibility index (Phi) is 7.78. The van der Waals surface area contributed by atoms with Crippen LogP contribution in [0.4, 0.5) is 24.8 Å². The van der Waals surface area contributed by atoms with Gasteiger partial charge in [0.15, 0.2) is 0 Å². The van der Waals surface area contributed by atoms with Crippen LogP contribution in [-0.4, -0.2) is 33.2 Å². The number of nitrogens with zero attached hydrogens (tertiary/aromatic N) is 4. The molecule has 1 N–H and O–H groups in total. The van der Waals surface area contributed by atoms with Crippen molar-refractivity contribution >= 4 is 33.5 Å². The van der Waals surface area contributed by atoms with Crippen molar-refractivity contribution < 1.29 is 22.7 Å². The van der Waals surface area contributed by atoms with Gasteiger partial charge in [-0.3, -0.25) is 4.90 Å². The molecule has 2 aromatic carbocycles. The van der Waals surface area contributed by atoms with E-state index in [9.17, 15) is 28.0 Å². The van der Waals surface area contributed by atoms with Crippen molar-refractivity contribution in [3.8, 4) is 6.07 Å². The standard InChI is InChI=1S/C26H23BrF3N5O3/c1-15-21(23(36)38-2)22(20-10-9-16(14-31)12-17(20)6-3-4-11-27)35-24(32-33-25(35)37)34(15)19-8-5-7-18(13-19)26(28,29)30/h5,7-10,12-13,22H,3-4,6,11H2,1-2H3,(H,33,37). The zero-order valence-electron chi connectivity index (χ0n) is 20.5. The van der Waals surface area contributed by atoms with Crippen LogP contribution in [0.15, 0.2) is 58.5 Å². The molecule has 0 bridgehead atoms. The van der Waals surface area contributed by atoms with E-state index < -0.39 is 29.4 Å². The van der Waals surface area contributed by atoms with E-state index in [1.807, 2.05) is 0 Å². The number of alkyl halides is 4. The average molecular weight is 590 g/mol. The number of fused-ring (bicyclic) bond motifs is 1. The molecule has 1 unspecified atom stereocenters. The van der Waals surface area contributed by atoms with E-state index in [0.29, 0.717) is 17.5 Å². The number of benzene rings is 2. The van der Waals surface area contributed by atoms with E-state index in [1.165, 1.54) is 28.7 Å². The lowest BCUT2D eigenvalue weighted by molar-refractivity contribution is -0.138. The fourth-order valence-electron chi connectivity index (χ4n) is 4.65. The van der Waals surface area contributed by atoms with Crippen molar-refractivity contribution in [2.45, 2.75) is 38.4 Å². The molecule has 0 aliphatic carbocycles. The maximum absolute atomic E-state index is 13.5. The number of allylic oxidation sites excluding steroid dienone is 1. The predicted octanol–water partition coefficient (Wildman–Crippen LogP) is 5.37. The molecule has 0 saturated heterocycles. The van der Waals surface area contributed by atoms with Gasteiger partial charge in [-0.1, -0.05) is 28.1 Å². The molecule has 2 heterocycles. The second kappa shape index (κ2) is 10.9. The zero-order valence-corrected chi connectivity index (χ0v) is 22.1. The summed E-state index contributed by atoms with van der Waals surface area (Å²) in [5, 5.41) is 16.7. The third-order valence-corrected chi connectivity index (χ3v) is 6.94. The molecule has 1 aliphatic heterocycles. The topological polar surface area (TPSA) is 104 Å². The molecule has 0 radical (unpaired) electrons. The number of aromatic nitrogens is 3. The second-order valence-corrected chi connectivity index (χ2v) is 9.44. The lowest BCUT2D eigenvalue weighted by Gasteiger charge is -2.36. The Morgan fingerprint density at radius 2 is 2.00 bits per heavy atom. The summed E-state index contributed by atoms with van der Waals surface area (Å²) in [6.07, 6.45) is -2.39. The molecule has 12 heteroatoms. The van der Waals surface area contributed by atoms with Crippen LogP contribution in [0.25, 0.3) is 0 Å². The number of carbonyl (C=O) groups excluding carboxylic acids is 1. The molecule has 3 aromatic rings. The summed E-state index contributed by atoms with van der Waals surface area (Å²) in [6, 6.07) is 10.7. The summed E-state index contributed by atoms with van der Waals surface area (Å²) in [6.45, 7) is 1.57. The number of aromatic amines is 1. The van der Waals surface area contributed by atoms with Gasteiger partial charge in [-0.05, 0) is 67.6 Å². The van der Waals surface area contributed by atoms with E-state index >= 15 is 0 Å². The highest BCUT2D eigenvalue weighted by atomic mass is 79.9. The highest BCUT2D eigenvalue weighted by Crippen LogP contribution is 2.43. The van der Waals surface area contributed by atoms with Gasteiger partial charge in [0.25, 0.3) is 0 Å². The van der Waals surface area contributed by atoms with Crippen LogP contribution in [-0.2, 0) is 22.1 Å². The number of rotatable bonds is 7. The summed E-state index contributed by atoms with van der Waals surface area (Å²) in [7, 11) is 1.19. The first-order valence-corrected chi connectivity index (χ1v) is 12.8. The van der Waals surface area contributed by atoms with Gasteiger partial charge >= 0.3 is 17.8 Å². The highest BCUT2D eigenvalue weighted by molar-refractivity contribution is 9.09. The van der Waals surface area contributed by atoms with Gasteiger partial charge in [-0.25, -0.2) is 19.3 Å². The number of unbranched alkanes of at least 4 members (excludes halogenated alkanes) is 1. The Bertz CT molecular complexity index is 1500. The maximum atomic E-state index is 13.5. The molecule has 1 aromatic heterocycles. The lowest BCUT2D eigenvalue weighted by atomic mass is 9.88. The van der Waals surface area contributed by atoms with E-state index in [2.05, 4.69) is 32.2 Å². The normalized spacial score (nSPS) is 15.3. The number of methoxy groups -OCH3 is 1. The number of hydrogen-bond acceptors (Lipinski definition) is 6. The average Bonchev–Trinajstić information content (AvgIpc) is 3.28. The number of halogens is 4. The molecule has 0 fully saturated rings. The second-order valence-electron chi connectivity index (χ2n) is 8.65. The number of esters is 1. The molecule has 4 rings (SSSR count). The number of H-pyrrole nitrogens is 1. The maximum Gasteiger partial charge on any atom is 0.416 e. The summed E-state index contributed by atoms with van der Waals surface area (Å²) in [4.78, 5) is 27.6. The van der Waals surface area contributed by atoms with E-state index in [-0.39, 0.29) is 22.9 Å². The number of anilines is 2. The monoisotopic (exact) mass is 589 g/mol. The van der Waals surface area contributed by atoms with E-state index in [1.54, 1.807) is 25.1 Å². The number of ether oxygens (including phenoxy) is 1. The Balaban J connectivity index is 1.99. The number of hydrogen-bond donors (Lipinski definition) is 1. The van der Waals surface area contributed by atoms with Crippen molar-refractivity contribution in [3.05, 3.63) is 86.5 Å². The minimum Gasteiger partial charge on any atom is -0.466 e. The molecular weight excluding hydrogens is 567 g/mol. The fraction of sp³-hybridized carbons (Fsp3) is 0.308. The number of nitriles is 1. The van der Waals surface area contributed by atoms with Crippen LogP contribution < -0.4 is 10.6 Å². The largest absolute Gasteiger partial charge is 0.466 e. The summed E-state index contributed by atoms with van der Waals surface area (Å²) < 4.78 is 46.8. The van der Waals surface area contributed by atoms with Crippen LogP contribution >= 0.6 is 15.9 Å². The predicted molar refractivity (Wildman–Crippen MR) is 137 cm³/mol. The third-order valence-electron chi connectivity index (χ3n) is 6.38. The Morgan fingerprint density at radius 3 is 2.66 bits per heavy atom. The van der Waals surface area contributed by atoms with E-state index in [0.717, 1.165) is 35.9 Å². The Hall–Kier alpha value is -3.85. The molecule has 0 amide bonds. The SMILES string of the molecule is COC(=O)C1=C(C)N(c2cccc(C(F)(F)F)c2)c2n[nH]c(=O)n2C1c1ccc(C#N)cc1CCCCBr. The van der Waals surface area contributed by atoms with Crippen molar-refractivity contribution in [2.75, 3.05) is 17.3 Å². The fourth-order valence-corrected chi connectivity index (χ4v) is 5.04. The summed E-state index contributed by atoms with van der Waals surface area (Å²) in [5.41, 5.74) is 0.596. The minimum atomic E-state index is -4.60. The van der Waals surface area contributed by atoms with Crippen LogP contribution in [0.5, 0.6) is 0 Å². The molecule has 0 spiro atoms. The van der Waals surface area contributed by atoms with Gasteiger partial charge < -0.3 is 4.74 Å². The minimum absolute atomic E-state index is 0.0141. The highest BCUT2D eigenvalue weighted by Gasteiger charge is 2.40. The van der Waals surface area contributed by atoms with Crippen molar-refractivity contribution in [2.24, 2.45) is 0 Å². The third kappa shape index (κ3) is 4.98. The van der Waals surface area contributed by atoms with Crippen LogP contribution in [0.2, 0.25) is 0 Å². The molecule has 8 nitrogen and oxygen atoms in total. The Morgan fingerprint density at radius 1 is 1.24 bits per heavy atom. The quantitative estimate of drug-likeness (QED) is 0.226. The molecule has 38 heavy (non-hydrogen) atoms. The molecule has 1 atom stereocenters. The molecular formula is C26H23BrF3N5O3. The van der Waals surface area contributed by atoms with Crippen molar-refractivity contribution in [1.29, 1.82) is 5.26 Å². The summed E-state index contributed by atoms with van der Waals surface area (Å²) in [5.74, 6) is -0.737. The number of aryl methyl sites for hydroxylation is 1. The van der Waals surface area contributed by atoms with Crippen LogP contribution in [0.3, 0.4) is 0 Å². The smallest absolute Gasteiger partial charge is 0.416 e. The van der Waals surface area contributed by atoms with Gasteiger partial charge in [-0.15, -0.1) is 5.10 Å². The van der Waals surface area contributed by atoms with Crippen LogP contribution in [0.1, 0.15) is 48.1 Å². The lowest BCUT2D eigenvalue weighted by Crippen LogP contribution is -2.38. The molecule has 1 aliphatic rings. The zero-order chi connectivity index (χ0) is 27.6. The van der Waals surface area contributed by atoms with Gasteiger partial charge in [0.2, 0.25) is 5.95 Å². The number of carbonyl (C=O) groups is 1. The van der Waals surface area contributed by atoms with Gasteiger partial charge in [0.05, 0.1) is 29.9 Å². The first-order chi connectivity index (χ1) is 18.1. The molecule has 198 valence electrons. The van der Waals surface area contributed by atoms with Gasteiger partial charge in [0, 0.05) is 16.7 Å². The van der Waals surface area contributed by atoms with E-state index in [4.69, 9.17) is 4.74 Å². The first-order valence-electron chi connectivity index (χ1n) is 11.6. The van der Waals surface area contributed by atoms with Gasteiger partial charge in [-0.2, -0.15) is 18.4 Å².